The zero-order valence-corrected chi connectivity index (χ0v) is 13.4. The van der Waals surface area contributed by atoms with Gasteiger partial charge in [0.1, 0.15) is 0 Å². The topological polar surface area (TPSA) is 12.0 Å². The normalized spacial score (nSPS) is 26.1. The number of benzene rings is 1. The third-order valence-electron chi connectivity index (χ3n) is 5.06. The molecule has 2 rings (SSSR count). The molecule has 0 aliphatic heterocycles. The molecule has 1 aliphatic rings. The molecule has 2 atom stereocenters. The number of hydrogen-bond acceptors (Lipinski definition) is 1. The van der Waals surface area contributed by atoms with Crippen molar-refractivity contribution in [3.8, 4) is 0 Å². The SMILES string of the molecule is CCCNC(C1CCC(C)CC1)C(C)c1ccccc1. The van der Waals surface area contributed by atoms with Gasteiger partial charge in [0.2, 0.25) is 0 Å². The van der Waals surface area contributed by atoms with Crippen LogP contribution in [0.2, 0.25) is 0 Å². The average Bonchev–Trinajstić information content (AvgIpc) is 2.50. The van der Waals surface area contributed by atoms with Crippen LogP contribution in [0, 0.1) is 11.8 Å². The molecule has 1 aliphatic carbocycles. The minimum Gasteiger partial charge on any atom is -0.313 e. The number of hydrogen-bond donors (Lipinski definition) is 1. The molecule has 1 aromatic carbocycles. The molecule has 20 heavy (non-hydrogen) atoms. The van der Waals surface area contributed by atoms with E-state index in [9.17, 15) is 0 Å². The highest BCUT2D eigenvalue weighted by atomic mass is 14.9. The molecule has 1 saturated carbocycles. The van der Waals surface area contributed by atoms with Crippen LogP contribution >= 0.6 is 0 Å². The van der Waals surface area contributed by atoms with E-state index < -0.39 is 0 Å². The molecule has 0 saturated heterocycles. The van der Waals surface area contributed by atoms with Crippen molar-refractivity contribution in [1.29, 1.82) is 0 Å². The summed E-state index contributed by atoms with van der Waals surface area (Å²) in [5.41, 5.74) is 1.49. The molecule has 0 bridgehead atoms. The molecular formula is C19H31N. The maximum Gasteiger partial charge on any atom is 0.0161 e. The second-order valence-electron chi connectivity index (χ2n) is 6.70. The zero-order chi connectivity index (χ0) is 14.4. The molecule has 1 N–H and O–H groups in total. The number of rotatable bonds is 6. The summed E-state index contributed by atoms with van der Waals surface area (Å²) in [6.07, 6.45) is 6.85. The summed E-state index contributed by atoms with van der Waals surface area (Å²) in [7, 11) is 0. The fourth-order valence-electron chi connectivity index (χ4n) is 3.67. The van der Waals surface area contributed by atoms with E-state index in [0.717, 1.165) is 18.4 Å². The third kappa shape index (κ3) is 4.09. The van der Waals surface area contributed by atoms with Gasteiger partial charge in [0.15, 0.2) is 0 Å². The predicted octanol–water partition coefficient (Wildman–Crippen LogP) is 4.98. The molecule has 0 amide bonds. The Hall–Kier alpha value is -0.820. The van der Waals surface area contributed by atoms with Crippen LogP contribution in [0.3, 0.4) is 0 Å². The summed E-state index contributed by atoms with van der Waals surface area (Å²) < 4.78 is 0. The third-order valence-corrected chi connectivity index (χ3v) is 5.06. The molecule has 0 spiro atoms. The Morgan fingerprint density at radius 3 is 2.35 bits per heavy atom. The highest BCUT2D eigenvalue weighted by Gasteiger charge is 2.29. The van der Waals surface area contributed by atoms with Gasteiger partial charge in [-0.1, -0.05) is 63.9 Å². The molecule has 1 heteroatoms. The first-order valence-electron chi connectivity index (χ1n) is 8.50. The Morgan fingerprint density at radius 1 is 1.10 bits per heavy atom. The smallest absolute Gasteiger partial charge is 0.0161 e. The average molecular weight is 273 g/mol. The van der Waals surface area contributed by atoms with Gasteiger partial charge in [-0.05, 0) is 49.1 Å². The molecule has 1 fully saturated rings. The molecule has 1 aromatic rings. The van der Waals surface area contributed by atoms with Crippen molar-refractivity contribution in [2.45, 2.75) is 64.8 Å². The monoisotopic (exact) mass is 273 g/mol. The lowest BCUT2D eigenvalue weighted by Gasteiger charge is -2.37. The molecule has 0 aromatic heterocycles. The van der Waals surface area contributed by atoms with Crippen molar-refractivity contribution in [2.24, 2.45) is 11.8 Å². The predicted molar refractivity (Wildman–Crippen MR) is 88.1 cm³/mol. The minimum absolute atomic E-state index is 0.612. The van der Waals surface area contributed by atoms with Crippen LogP contribution < -0.4 is 5.32 Å². The largest absolute Gasteiger partial charge is 0.313 e. The van der Waals surface area contributed by atoms with Gasteiger partial charge in [-0.3, -0.25) is 0 Å². The first-order chi connectivity index (χ1) is 9.72. The summed E-state index contributed by atoms with van der Waals surface area (Å²) >= 11 is 0. The van der Waals surface area contributed by atoms with E-state index in [4.69, 9.17) is 0 Å². The van der Waals surface area contributed by atoms with E-state index in [1.165, 1.54) is 37.7 Å². The quantitative estimate of drug-likeness (QED) is 0.770. The van der Waals surface area contributed by atoms with Crippen molar-refractivity contribution in [3.05, 3.63) is 35.9 Å². The maximum atomic E-state index is 3.85. The van der Waals surface area contributed by atoms with Crippen LogP contribution in [0.15, 0.2) is 30.3 Å². The van der Waals surface area contributed by atoms with E-state index in [1.54, 1.807) is 0 Å². The Morgan fingerprint density at radius 2 is 1.75 bits per heavy atom. The Balaban J connectivity index is 2.06. The highest BCUT2D eigenvalue weighted by molar-refractivity contribution is 5.21. The standard InChI is InChI=1S/C19H31N/c1-4-14-20-19(18-12-10-15(2)11-13-18)16(3)17-8-6-5-7-9-17/h5-9,15-16,18-20H,4,10-14H2,1-3H3. The van der Waals surface area contributed by atoms with Gasteiger partial charge in [0.05, 0.1) is 0 Å². The van der Waals surface area contributed by atoms with E-state index in [-0.39, 0.29) is 0 Å². The molecule has 0 radical (unpaired) electrons. The number of nitrogens with one attached hydrogen (secondary N) is 1. The van der Waals surface area contributed by atoms with Crippen molar-refractivity contribution >= 4 is 0 Å². The Labute approximate surface area is 125 Å². The van der Waals surface area contributed by atoms with Gasteiger partial charge in [0.25, 0.3) is 0 Å². The van der Waals surface area contributed by atoms with Crippen LogP contribution in [-0.4, -0.2) is 12.6 Å². The lowest BCUT2D eigenvalue weighted by atomic mass is 9.74. The first kappa shape index (κ1) is 15.6. The molecule has 0 heterocycles. The van der Waals surface area contributed by atoms with E-state index in [2.05, 4.69) is 56.4 Å². The summed E-state index contributed by atoms with van der Waals surface area (Å²) in [6, 6.07) is 11.7. The van der Waals surface area contributed by atoms with Crippen molar-refractivity contribution < 1.29 is 0 Å². The molecule has 1 nitrogen and oxygen atoms in total. The van der Waals surface area contributed by atoms with Gasteiger partial charge in [0, 0.05) is 6.04 Å². The summed E-state index contributed by atoms with van der Waals surface area (Å²) in [5, 5.41) is 3.85. The molecule has 112 valence electrons. The highest BCUT2D eigenvalue weighted by Crippen LogP contribution is 2.35. The lowest BCUT2D eigenvalue weighted by molar-refractivity contribution is 0.213. The second kappa shape index (κ2) is 7.83. The van der Waals surface area contributed by atoms with E-state index in [0.29, 0.717) is 12.0 Å². The zero-order valence-electron chi connectivity index (χ0n) is 13.4. The van der Waals surface area contributed by atoms with Gasteiger partial charge in [-0.25, -0.2) is 0 Å². The Bertz CT molecular complexity index is 365. The van der Waals surface area contributed by atoms with Crippen LogP contribution in [0.5, 0.6) is 0 Å². The van der Waals surface area contributed by atoms with E-state index in [1.807, 2.05) is 0 Å². The van der Waals surface area contributed by atoms with Crippen molar-refractivity contribution in [3.63, 3.8) is 0 Å². The van der Waals surface area contributed by atoms with Crippen molar-refractivity contribution in [2.75, 3.05) is 6.54 Å². The van der Waals surface area contributed by atoms with Crippen LogP contribution in [0.25, 0.3) is 0 Å². The lowest BCUT2D eigenvalue weighted by Crippen LogP contribution is -2.42. The second-order valence-corrected chi connectivity index (χ2v) is 6.70. The van der Waals surface area contributed by atoms with Crippen LogP contribution in [0.4, 0.5) is 0 Å². The van der Waals surface area contributed by atoms with Crippen LogP contribution in [0.1, 0.15) is 64.4 Å². The fraction of sp³-hybridized carbons (Fsp3) is 0.684. The van der Waals surface area contributed by atoms with Crippen molar-refractivity contribution in [1.82, 2.24) is 5.32 Å². The minimum atomic E-state index is 0.612. The summed E-state index contributed by atoms with van der Waals surface area (Å²) in [6.45, 7) is 8.22. The van der Waals surface area contributed by atoms with Crippen LogP contribution in [-0.2, 0) is 0 Å². The molecular weight excluding hydrogens is 242 g/mol. The molecule has 2 unspecified atom stereocenters. The fourth-order valence-corrected chi connectivity index (χ4v) is 3.67. The van der Waals surface area contributed by atoms with E-state index >= 15 is 0 Å². The summed E-state index contributed by atoms with van der Waals surface area (Å²) in [4.78, 5) is 0. The van der Waals surface area contributed by atoms with Gasteiger partial charge >= 0.3 is 0 Å². The first-order valence-corrected chi connectivity index (χ1v) is 8.50. The maximum absolute atomic E-state index is 3.85. The Kier molecular flexibility index (Phi) is 6.09. The summed E-state index contributed by atoms with van der Waals surface area (Å²) in [5.74, 6) is 2.40. The van der Waals surface area contributed by atoms with Gasteiger partial charge < -0.3 is 5.32 Å². The van der Waals surface area contributed by atoms with Gasteiger partial charge in [-0.15, -0.1) is 0 Å². The van der Waals surface area contributed by atoms with Gasteiger partial charge in [-0.2, -0.15) is 0 Å².